The molecule has 1 saturated heterocycles. The highest BCUT2D eigenvalue weighted by Crippen LogP contribution is 2.22. The quantitative estimate of drug-likeness (QED) is 0.911. The van der Waals surface area contributed by atoms with E-state index in [0.29, 0.717) is 6.04 Å². The van der Waals surface area contributed by atoms with Crippen LogP contribution in [-0.2, 0) is 0 Å². The lowest BCUT2D eigenvalue weighted by atomic mass is 10.1. The fourth-order valence-electron chi connectivity index (χ4n) is 2.21. The molecule has 3 heterocycles. The van der Waals surface area contributed by atoms with Crippen LogP contribution in [0, 0.1) is 0 Å². The highest BCUT2D eigenvalue weighted by Gasteiger charge is 2.16. The number of hydrogen-bond donors (Lipinski definition) is 2. The number of nitrogens with zero attached hydrogens (tertiary/aromatic N) is 2. The van der Waals surface area contributed by atoms with E-state index in [1.54, 1.807) is 6.20 Å². The first-order chi connectivity index (χ1) is 8.92. The molecule has 108 valence electrons. The van der Waals surface area contributed by atoms with E-state index in [1.165, 1.54) is 12.8 Å². The second-order valence-electron chi connectivity index (χ2n) is 4.46. The van der Waals surface area contributed by atoms with Gasteiger partial charge in [0.2, 0.25) is 0 Å². The zero-order valence-corrected chi connectivity index (χ0v) is 12.6. The average Bonchev–Trinajstić information content (AvgIpc) is 2.95. The van der Waals surface area contributed by atoms with Crippen LogP contribution in [0.3, 0.4) is 0 Å². The fraction of sp³-hybridized carbons (Fsp3) is 0.286. The van der Waals surface area contributed by atoms with Crippen molar-refractivity contribution in [3.05, 3.63) is 48.4 Å². The van der Waals surface area contributed by atoms with E-state index >= 15 is 0 Å². The zero-order valence-electron chi connectivity index (χ0n) is 11.0. The van der Waals surface area contributed by atoms with E-state index in [4.69, 9.17) is 0 Å². The van der Waals surface area contributed by atoms with Crippen LogP contribution >= 0.6 is 24.8 Å². The number of pyridine rings is 2. The van der Waals surface area contributed by atoms with Gasteiger partial charge in [0, 0.05) is 12.2 Å². The summed E-state index contributed by atoms with van der Waals surface area (Å²) in [4.78, 5) is 8.73. The second-order valence-corrected chi connectivity index (χ2v) is 4.46. The Kier molecular flexibility index (Phi) is 6.71. The predicted molar refractivity (Wildman–Crippen MR) is 86.2 cm³/mol. The highest BCUT2D eigenvalue weighted by atomic mass is 35.5. The van der Waals surface area contributed by atoms with Gasteiger partial charge in [-0.25, -0.2) is 4.98 Å². The van der Waals surface area contributed by atoms with Crippen LogP contribution in [0.5, 0.6) is 0 Å². The molecule has 0 aromatic carbocycles. The van der Waals surface area contributed by atoms with Crippen LogP contribution in [0.15, 0.2) is 42.7 Å². The van der Waals surface area contributed by atoms with Crippen LogP contribution in [-0.4, -0.2) is 16.5 Å². The number of nitrogens with one attached hydrogen (secondary N) is 2. The molecule has 6 heteroatoms. The molecule has 0 saturated carbocycles. The lowest BCUT2D eigenvalue weighted by Crippen LogP contribution is -2.14. The second kappa shape index (κ2) is 8.04. The summed E-state index contributed by atoms with van der Waals surface area (Å²) in [6.07, 6.45) is 6.05. The van der Waals surface area contributed by atoms with E-state index in [1.807, 2.05) is 24.4 Å². The maximum atomic E-state index is 4.50. The van der Waals surface area contributed by atoms with Crippen LogP contribution in [0.2, 0.25) is 0 Å². The van der Waals surface area contributed by atoms with E-state index < -0.39 is 0 Å². The Morgan fingerprint density at radius 2 is 2.00 bits per heavy atom. The molecule has 1 aliphatic heterocycles. The largest absolute Gasteiger partial charge is 0.339 e. The normalized spacial score (nSPS) is 16.9. The molecular formula is C14H18Cl2N4. The molecule has 1 aliphatic rings. The smallest absolute Gasteiger partial charge is 0.130 e. The molecule has 4 nitrogen and oxygen atoms in total. The third kappa shape index (κ3) is 4.07. The van der Waals surface area contributed by atoms with E-state index in [9.17, 15) is 0 Å². The number of anilines is 2. The van der Waals surface area contributed by atoms with Crippen molar-refractivity contribution in [1.29, 1.82) is 0 Å². The summed E-state index contributed by atoms with van der Waals surface area (Å²) in [5, 5.41) is 6.67. The summed E-state index contributed by atoms with van der Waals surface area (Å²) in [7, 11) is 0. The standard InChI is InChI=1S/C14H16N4.2ClH/c1-2-8-16-14(5-1)18-11-6-7-13(17-10-11)12-4-3-9-15-12;;/h1-2,5-8,10,12,15H,3-4,9H2,(H,16,18);2*1H. The van der Waals surface area contributed by atoms with Crippen molar-refractivity contribution < 1.29 is 0 Å². The molecule has 1 unspecified atom stereocenters. The SMILES string of the molecule is Cl.Cl.c1ccc(Nc2ccc(C3CCCN3)nc2)nc1. The monoisotopic (exact) mass is 312 g/mol. The van der Waals surface area contributed by atoms with Crippen LogP contribution < -0.4 is 10.6 Å². The average molecular weight is 313 g/mol. The van der Waals surface area contributed by atoms with Gasteiger partial charge < -0.3 is 10.6 Å². The van der Waals surface area contributed by atoms with Gasteiger partial charge in [-0.15, -0.1) is 24.8 Å². The number of halogens is 2. The molecule has 2 aromatic rings. The number of rotatable bonds is 3. The van der Waals surface area contributed by atoms with Crippen molar-refractivity contribution in [2.45, 2.75) is 18.9 Å². The Morgan fingerprint density at radius 3 is 2.60 bits per heavy atom. The Labute approximate surface area is 131 Å². The van der Waals surface area contributed by atoms with Gasteiger partial charge >= 0.3 is 0 Å². The van der Waals surface area contributed by atoms with E-state index in [-0.39, 0.29) is 24.8 Å². The van der Waals surface area contributed by atoms with Gasteiger partial charge in [0.05, 0.1) is 17.6 Å². The topological polar surface area (TPSA) is 49.8 Å². The molecular weight excluding hydrogens is 295 g/mol. The van der Waals surface area contributed by atoms with Gasteiger partial charge in [-0.3, -0.25) is 4.98 Å². The van der Waals surface area contributed by atoms with Gasteiger partial charge in [0.1, 0.15) is 5.82 Å². The maximum Gasteiger partial charge on any atom is 0.130 e. The minimum absolute atomic E-state index is 0. The van der Waals surface area contributed by atoms with Crippen molar-refractivity contribution in [3.8, 4) is 0 Å². The lowest BCUT2D eigenvalue weighted by molar-refractivity contribution is 0.628. The zero-order chi connectivity index (χ0) is 12.2. The third-order valence-corrected chi connectivity index (χ3v) is 3.14. The Hall–Kier alpha value is -1.36. The van der Waals surface area contributed by atoms with Gasteiger partial charge in [-0.2, -0.15) is 0 Å². The summed E-state index contributed by atoms with van der Waals surface area (Å²) < 4.78 is 0. The molecule has 0 aliphatic carbocycles. The Balaban J connectivity index is 0.000001000. The van der Waals surface area contributed by atoms with Crippen molar-refractivity contribution >= 4 is 36.3 Å². The van der Waals surface area contributed by atoms with Crippen LogP contribution in [0.4, 0.5) is 11.5 Å². The summed E-state index contributed by atoms with van der Waals surface area (Å²) in [5.74, 6) is 0.839. The number of aromatic nitrogens is 2. The Morgan fingerprint density at radius 1 is 1.10 bits per heavy atom. The summed E-state index contributed by atoms with van der Waals surface area (Å²) >= 11 is 0. The fourth-order valence-corrected chi connectivity index (χ4v) is 2.21. The first-order valence-corrected chi connectivity index (χ1v) is 6.29. The van der Waals surface area contributed by atoms with E-state index in [0.717, 1.165) is 23.7 Å². The minimum Gasteiger partial charge on any atom is -0.339 e. The van der Waals surface area contributed by atoms with Gasteiger partial charge in [0.15, 0.2) is 0 Å². The van der Waals surface area contributed by atoms with Crippen molar-refractivity contribution in [2.24, 2.45) is 0 Å². The molecule has 1 fully saturated rings. The number of hydrogen-bond acceptors (Lipinski definition) is 4. The lowest BCUT2D eigenvalue weighted by Gasteiger charge is -2.10. The summed E-state index contributed by atoms with van der Waals surface area (Å²) in [5.41, 5.74) is 2.09. The molecule has 0 spiro atoms. The Bertz CT molecular complexity index is 498. The predicted octanol–water partition coefficient (Wildman–Crippen LogP) is 3.49. The molecule has 20 heavy (non-hydrogen) atoms. The first kappa shape index (κ1) is 16.7. The first-order valence-electron chi connectivity index (χ1n) is 6.29. The maximum absolute atomic E-state index is 4.50. The molecule has 1 atom stereocenters. The van der Waals surface area contributed by atoms with Crippen molar-refractivity contribution in [3.63, 3.8) is 0 Å². The molecule has 0 radical (unpaired) electrons. The highest BCUT2D eigenvalue weighted by molar-refractivity contribution is 5.85. The molecule has 3 rings (SSSR count). The third-order valence-electron chi connectivity index (χ3n) is 3.14. The van der Waals surface area contributed by atoms with Crippen molar-refractivity contribution in [2.75, 3.05) is 11.9 Å². The summed E-state index contributed by atoms with van der Waals surface area (Å²) in [6.45, 7) is 1.10. The van der Waals surface area contributed by atoms with Gasteiger partial charge in [0.25, 0.3) is 0 Å². The molecule has 2 N–H and O–H groups in total. The van der Waals surface area contributed by atoms with Gasteiger partial charge in [-0.1, -0.05) is 6.07 Å². The van der Waals surface area contributed by atoms with Crippen LogP contribution in [0.25, 0.3) is 0 Å². The summed E-state index contributed by atoms with van der Waals surface area (Å²) in [6, 6.07) is 10.4. The van der Waals surface area contributed by atoms with Crippen molar-refractivity contribution in [1.82, 2.24) is 15.3 Å². The minimum atomic E-state index is 0. The molecule has 0 amide bonds. The van der Waals surface area contributed by atoms with Gasteiger partial charge in [-0.05, 0) is 43.7 Å². The van der Waals surface area contributed by atoms with E-state index in [2.05, 4.69) is 32.7 Å². The molecule has 2 aromatic heterocycles. The molecule has 0 bridgehead atoms. The van der Waals surface area contributed by atoms with Crippen LogP contribution in [0.1, 0.15) is 24.6 Å².